The van der Waals surface area contributed by atoms with E-state index in [1.807, 2.05) is 6.07 Å². The third kappa shape index (κ3) is 4.17. The van der Waals surface area contributed by atoms with Crippen LogP contribution in [0.1, 0.15) is 24.6 Å². The number of sulfone groups is 1. The van der Waals surface area contributed by atoms with E-state index in [-0.39, 0.29) is 22.4 Å². The molecule has 1 aromatic heterocycles. The van der Waals surface area contributed by atoms with Gasteiger partial charge in [0.05, 0.1) is 17.2 Å². The van der Waals surface area contributed by atoms with E-state index < -0.39 is 19.9 Å². The lowest BCUT2D eigenvalue weighted by Gasteiger charge is -2.26. The lowest BCUT2D eigenvalue weighted by molar-refractivity contribution is 0.216. The number of hydrogen-bond acceptors (Lipinski definition) is 6. The Hall–Kier alpha value is -1.68. The maximum atomic E-state index is 12.8. The first kappa shape index (κ1) is 19.1. The molecule has 1 N–H and O–H groups in total. The fourth-order valence-corrected chi connectivity index (χ4v) is 5.85. The molecule has 2 heterocycles. The van der Waals surface area contributed by atoms with Crippen molar-refractivity contribution in [3.8, 4) is 0 Å². The van der Waals surface area contributed by atoms with Crippen LogP contribution in [0, 0.1) is 0 Å². The molecular weight excluding hydrogens is 376 g/mol. The number of rotatable bonds is 7. The molecule has 0 radical (unpaired) electrons. The summed E-state index contributed by atoms with van der Waals surface area (Å²) in [6, 6.07) is 8.98. The van der Waals surface area contributed by atoms with Crippen molar-refractivity contribution in [2.24, 2.45) is 0 Å². The Morgan fingerprint density at radius 1 is 1.04 bits per heavy atom. The first-order chi connectivity index (χ1) is 12.3. The Labute approximate surface area is 154 Å². The molecule has 0 spiro atoms. The zero-order chi connectivity index (χ0) is 18.8. The van der Waals surface area contributed by atoms with Crippen molar-refractivity contribution in [1.29, 1.82) is 0 Å². The number of likely N-dealkylation sites (tertiary alicyclic amines) is 1. The van der Waals surface area contributed by atoms with Crippen molar-refractivity contribution in [3.05, 3.63) is 48.4 Å². The van der Waals surface area contributed by atoms with Gasteiger partial charge in [-0.05, 0) is 50.2 Å². The van der Waals surface area contributed by atoms with Crippen LogP contribution in [-0.2, 0) is 19.9 Å². The monoisotopic (exact) mass is 398 g/mol. The number of hydrogen-bond donors (Lipinski definition) is 1. The Kier molecular flexibility index (Phi) is 5.52. The second kappa shape index (κ2) is 7.51. The molecule has 9 heteroatoms. The summed E-state index contributed by atoms with van der Waals surface area (Å²) in [5.41, 5.74) is 0. The van der Waals surface area contributed by atoms with Gasteiger partial charge in [-0.15, -0.1) is 0 Å². The lowest BCUT2D eigenvalue weighted by Crippen LogP contribution is -2.37. The molecule has 1 aliphatic heterocycles. The van der Waals surface area contributed by atoms with Crippen LogP contribution >= 0.6 is 0 Å². The predicted molar refractivity (Wildman–Crippen MR) is 97.0 cm³/mol. The van der Waals surface area contributed by atoms with Gasteiger partial charge in [0.2, 0.25) is 10.0 Å². The van der Waals surface area contributed by atoms with Crippen LogP contribution in [0.3, 0.4) is 0 Å². The highest BCUT2D eigenvalue weighted by molar-refractivity contribution is 7.93. The molecule has 0 amide bonds. The van der Waals surface area contributed by atoms with E-state index >= 15 is 0 Å². The molecule has 1 saturated heterocycles. The van der Waals surface area contributed by atoms with Gasteiger partial charge in [-0.1, -0.05) is 12.1 Å². The molecule has 0 aliphatic carbocycles. The summed E-state index contributed by atoms with van der Waals surface area (Å²) in [6.45, 7) is 1.84. The smallest absolute Gasteiger partial charge is 0.241 e. The maximum absolute atomic E-state index is 12.8. The van der Waals surface area contributed by atoms with Gasteiger partial charge in [-0.25, -0.2) is 21.6 Å². The van der Waals surface area contributed by atoms with Crippen LogP contribution < -0.4 is 4.72 Å². The van der Waals surface area contributed by atoms with Gasteiger partial charge in [0.15, 0.2) is 9.84 Å². The highest BCUT2D eigenvalue weighted by Crippen LogP contribution is 2.26. The minimum Gasteiger partial charge on any atom is -0.468 e. The topological polar surface area (TPSA) is 96.7 Å². The van der Waals surface area contributed by atoms with Gasteiger partial charge >= 0.3 is 0 Å². The number of sulfonamides is 1. The number of nitrogens with zero attached hydrogens (tertiary/aromatic N) is 1. The van der Waals surface area contributed by atoms with E-state index in [1.54, 1.807) is 12.3 Å². The van der Waals surface area contributed by atoms with Gasteiger partial charge in [0, 0.05) is 12.8 Å². The molecule has 0 saturated carbocycles. The van der Waals surface area contributed by atoms with E-state index in [0.717, 1.165) is 32.2 Å². The average molecular weight is 399 g/mol. The fraction of sp³-hybridized carbons (Fsp3) is 0.412. The summed E-state index contributed by atoms with van der Waals surface area (Å²) in [4.78, 5) is 1.73. The molecule has 1 atom stereocenters. The molecule has 1 fully saturated rings. The Morgan fingerprint density at radius 3 is 2.27 bits per heavy atom. The highest BCUT2D eigenvalue weighted by Gasteiger charge is 2.29. The summed E-state index contributed by atoms with van der Waals surface area (Å²) in [7, 11) is -7.65. The van der Waals surface area contributed by atoms with Crippen molar-refractivity contribution < 1.29 is 21.3 Å². The summed E-state index contributed by atoms with van der Waals surface area (Å²) in [5.74, 6) is 0.686. The van der Waals surface area contributed by atoms with Crippen LogP contribution in [0.2, 0.25) is 0 Å². The van der Waals surface area contributed by atoms with Crippen molar-refractivity contribution in [2.45, 2.75) is 28.7 Å². The molecule has 2 aromatic rings. The molecule has 1 aromatic carbocycles. The molecule has 7 nitrogen and oxygen atoms in total. The number of furan rings is 1. The van der Waals surface area contributed by atoms with E-state index in [0.29, 0.717) is 5.76 Å². The van der Waals surface area contributed by atoms with Gasteiger partial charge in [-0.2, -0.15) is 0 Å². The van der Waals surface area contributed by atoms with Crippen LogP contribution in [0.4, 0.5) is 0 Å². The SMILES string of the molecule is CS(=O)(=O)c1ccccc1S(=O)(=O)NCC(c1ccco1)N1CCCC1. The van der Waals surface area contributed by atoms with E-state index in [1.165, 1.54) is 24.3 Å². The minimum atomic E-state index is -3.99. The molecule has 1 aliphatic rings. The van der Waals surface area contributed by atoms with Gasteiger partial charge in [0.25, 0.3) is 0 Å². The molecule has 142 valence electrons. The molecule has 26 heavy (non-hydrogen) atoms. The quantitative estimate of drug-likeness (QED) is 0.764. The summed E-state index contributed by atoms with van der Waals surface area (Å²) < 4.78 is 57.4. The number of benzene rings is 1. The van der Waals surface area contributed by atoms with Crippen molar-refractivity contribution >= 4 is 19.9 Å². The Balaban J connectivity index is 1.85. The third-order valence-corrected chi connectivity index (χ3v) is 7.22. The zero-order valence-electron chi connectivity index (χ0n) is 14.5. The first-order valence-corrected chi connectivity index (χ1v) is 11.7. The molecule has 3 rings (SSSR count). The Morgan fingerprint density at radius 2 is 1.69 bits per heavy atom. The van der Waals surface area contributed by atoms with Gasteiger partial charge in [0.1, 0.15) is 10.7 Å². The minimum absolute atomic E-state index is 0.105. The highest BCUT2D eigenvalue weighted by atomic mass is 32.2. The van der Waals surface area contributed by atoms with Crippen LogP contribution in [-0.4, -0.2) is 47.6 Å². The van der Waals surface area contributed by atoms with Crippen LogP contribution in [0.15, 0.2) is 56.9 Å². The lowest BCUT2D eigenvalue weighted by atomic mass is 10.2. The molecular formula is C17H22N2O5S2. The number of nitrogens with one attached hydrogen (secondary N) is 1. The summed E-state index contributed by atoms with van der Waals surface area (Å²) in [5, 5.41) is 0. The third-order valence-electron chi connectivity index (χ3n) is 4.46. The van der Waals surface area contributed by atoms with E-state index in [4.69, 9.17) is 4.42 Å². The maximum Gasteiger partial charge on any atom is 0.241 e. The van der Waals surface area contributed by atoms with Gasteiger partial charge in [-0.3, -0.25) is 4.90 Å². The summed E-state index contributed by atoms with van der Waals surface area (Å²) in [6.07, 6.45) is 4.67. The van der Waals surface area contributed by atoms with Crippen molar-refractivity contribution in [2.75, 3.05) is 25.9 Å². The Bertz CT molecular complexity index is 947. The fourth-order valence-electron chi connectivity index (χ4n) is 3.19. The average Bonchev–Trinajstić information content (AvgIpc) is 3.28. The second-order valence-electron chi connectivity index (χ2n) is 6.35. The molecule has 1 unspecified atom stereocenters. The van der Waals surface area contributed by atoms with Gasteiger partial charge < -0.3 is 4.42 Å². The normalized spacial score (nSPS) is 17.4. The van der Waals surface area contributed by atoms with E-state index in [9.17, 15) is 16.8 Å². The standard InChI is InChI=1S/C17H22N2O5S2/c1-25(20,21)16-8-2-3-9-17(16)26(22,23)18-13-14(15-7-6-12-24-15)19-10-4-5-11-19/h2-3,6-9,12,14,18H,4-5,10-11,13H2,1H3. The van der Waals surface area contributed by atoms with E-state index in [2.05, 4.69) is 9.62 Å². The largest absolute Gasteiger partial charge is 0.468 e. The van der Waals surface area contributed by atoms with Crippen molar-refractivity contribution in [1.82, 2.24) is 9.62 Å². The first-order valence-electron chi connectivity index (χ1n) is 8.35. The second-order valence-corrected chi connectivity index (χ2v) is 10.1. The van der Waals surface area contributed by atoms with Crippen LogP contribution in [0.25, 0.3) is 0 Å². The predicted octanol–water partition coefficient (Wildman–Crippen LogP) is 1.80. The van der Waals surface area contributed by atoms with Crippen LogP contribution in [0.5, 0.6) is 0 Å². The zero-order valence-corrected chi connectivity index (χ0v) is 16.1. The molecule has 0 bridgehead atoms. The van der Waals surface area contributed by atoms with Crippen molar-refractivity contribution in [3.63, 3.8) is 0 Å². The summed E-state index contributed by atoms with van der Waals surface area (Å²) >= 11 is 0.